The van der Waals surface area contributed by atoms with Gasteiger partial charge in [0.2, 0.25) is 0 Å². The summed E-state index contributed by atoms with van der Waals surface area (Å²) in [7, 11) is 0. The number of nitrogens with zero attached hydrogens (tertiary/aromatic N) is 2. The molecule has 1 unspecified atom stereocenters. The number of hydrogen-bond donors (Lipinski definition) is 1. The van der Waals surface area contributed by atoms with Crippen molar-refractivity contribution < 1.29 is 9.90 Å². The minimum Gasteiger partial charge on any atom is -0.477 e. The molecule has 1 atom stereocenters. The topological polar surface area (TPSA) is 55.1 Å². The van der Waals surface area contributed by atoms with Crippen molar-refractivity contribution in [1.29, 1.82) is 0 Å². The Morgan fingerprint density at radius 2 is 2.35 bits per heavy atom. The first kappa shape index (κ1) is 12.3. The average Bonchev–Trinajstić information content (AvgIpc) is 2.83. The first-order valence-corrected chi connectivity index (χ1v) is 6.69. The van der Waals surface area contributed by atoms with Gasteiger partial charge in [-0.15, -0.1) is 11.3 Å². The van der Waals surface area contributed by atoms with Crippen LogP contribution in [0.3, 0.4) is 0 Å². The highest BCUT2D eigenvalue weighted by atomic mass is 79.9. The number of aromatic carboxylic acids is 1. The molecule has 0 aliphatic heterocycles. The molecule has 17 heavy (non-hydrogen) atoms. The first-order valence-electron chi connectivity index (χ1n) is 5.01. The van der Waals surface area contributed by atoms with Gasteiger partial charge in [-0.25, -0.2) is 9.78 Å². The van der Waals surface area contributed by atoms with Gasteiger partial charge in [0.15, 0.2) is 0 Å². The third-order valence-electron chi connectivity index (χ3n) is 2.45. The Hall–Kier alpha value is -1.14. The first-order chi connectivity index (χ1) is 7.99. The van der Waals surface area contributed by atoms with Crippen molar-refractivity contribution in [3.8, 4) is 0 Å². The van der Waals surface area contributed by atoms with E-state index in [0.29, 0.717) is 0 Å². The van der Waals surface area contributed by atoms with Gasteiger partial charge < -0.3 is 9.67 Å². The van der Waals surface area contributed by atoms with Crippen LogP contribution in [0.2, 0.25) is 0 Å². The summed E-state index contributed by atoms with van der Waals surface area (Å²) in [5.41, 5.74) is 1.22. The summed E-state index contributed by atoms with van der Waals surface area (Å²) >= 11 is 4.84. The van der Waals surface area contributed by atoms with E-state index in [4.69, 9.17) is 5.11 Å². The number of hydrogen-bond acceptors (Lipinski definition) is 3. The van der Waals surface area contributed by atoms with E-state index in [1.165, 1.54) is 0 Å². The SMILES string of the molecule is Cc1csc(C(C)n2cc(Br)cc2C(=O)O)n1. The number of carboxylic acids is 1. The summed E-state index contributed by atoms with van der Waals surface area (Å²) in [6.45, 7) is 3.87. The Balaban J connectivity index is 2.43. The fourth-order valence-electron chi connectivity index (χ4n) is 1.62. The van der Waals surface area contributed by atoms with E-state index in [-0.39, 0.29) is 11.7 Å². The highest BCUT2D eigenvalue weighted by Crippen LogP contribution is 2.26. The number of halogens is 1. The monoisotopic (exact) mass is 314 g/mol. The summed E-state index contributed by atoms with van der Waals surface area (Å²) in [5, 5.41) is 12.0. The Bertz CT molecular complexity index is 562. The third kappa shape index (κ3) is 2.42. The van der Waals surface area contributed by atoms with Crippen molar-refractivity contribution in [1.82, 2.24) is 9.55 Å². The van der Waals surface area contributed by atoms with Crippen molar-refractivity contribution in [3.63, 3.8) is 0 Å². The van der Waals surface area contributed by atoms with Crippen LogP contribution in [0.15, 0.2) is 22.1 Å². The summed E-state index contributed by atoms with van der Waals surface area (Å²) in [6.07, 6.45) is 1.77. The second kappa shape index (κ2) is 4.62. The standard InChI is InChI=1S/C11H11BrN2O2S/c1-6-5-17-10(13-6)7(2)14-4-8(12)3-9(14)11(15)16/h3-5,7H,1-2H3,(H,15,16). The van der Waals surface area contributed by atoms with E-state index in [1.807, 2.05) is 19.2 Å². The van der Waals surface area contributed by atoms with Gasteiger partial charge in [-0.1, -0.05) is 0 Å². The molecule has 2 aromatic rings. The van der Waals surface area contributed by atoms with Gasteiger partial charge in [0.25, 0.3) is 0 Å². The van der Waals surface area contributed by atoms with Gasteiger partial charge in [-0.05, 0) is 35.8 Å². The summed E-state index contributed by atoms with van der Waals surface area (Å²) in [4.78, 5) is 15.5. The Morgan fingerprint density at radius 1 is 1.65 bits per heavy atom. The Labute approximate surface area is 111 Å². The van der Waals surface area contributed by atoms with E-state index < -0.39 is 5.97 Å². The quantitative estimate of drug-likeness (QED) is 0.945. The molecule has 0 bridgehead atoms. The van der Waals surface area contributed by atoms with Crippen LogP contribution in [0.1, 0.15) is 34.2 Å². The maximum Gasteiger partial charge on any atom is 0.352 e. The van der Waals surface area contributed by atoms with Crippen LogP contribution in [-0.2, 0) is 0 Å². The van der Waals surface area contributed by atoms with Crippen molar-refractivity contribution in [2.24, 2.45) is 0 Å². The molecular formula is C11H11BrN2O2S. The number of rotatable bonds is 3. The Morgan fingerprint density at radius 3 is 2.88 bits per heavy atom. The van der Waals surface area contributed by atoms with Crippen LogP contribution in [0.5, 0.6) is 0 Å². The molecule has 0 amide bonds. The lowest BCUT2D eigenvalue weighted by atomic mass is 10.3. The molecule has 0 saturated carbocycles. The molecule has 4 nitrogen and oxygen atoms in total. The number of carboxylic acid groups (broad SMARTS) is 1. The van der Waals surface area contributed by atoms with Crippen LogP contribution in [0.25, 0.3) is 0 Å². The fourth-order valence-corrected chi connectivity index (χ4v) is 2.91. The van der Waals surface area contributed by atoms with Crippen LogP contribution < -0.4 is 0 Å². The van der Waals surface area contributed by atoms with E-state index >= 15 is 0 Å². The summed E-state index contributed by atoms with van der Waals surface area (Å²) < 4.78 is 2.47. The second-order valence-electron chi connectivity index (χ2n) is 3.76. The molecule has 2 rings (SSSR count). The van der Waals surface area contributed by atoms with Crippen molar-refractivity contribution in [2.75, 3.05) is 0 Å². The molecule has 2 aromatic heterocycles. The van der Waals surface area contributed by atoms with Crippen molar-refractivity contribution >= 4 is 33.2 Å². The van der Waals surface area contributed by atoms with Gasteiger partial charge in [0.05, 0.1) is 6.04 Å². The zero-order valence-corrected chi connectivity index (χ0v) is 11.7. The Kier molecular flexibility index (Phi) is 3.35. The summed E-state index contributed by atoms with van der Waals surface area (Å²) in [5.74, 6) is -0.934. The molecular weight excluding hydrogens is 304 g/mol. The molecule has 0 aromatic carbocycles. The zero-order valence-electron chi connectivity index (χ0n) is 9.35. The zero-order chi connectivity index (χ0) is 12.6. The summed E-state index contributed by atoms with van der Waals surface area (Å²) in [6, 6.07) is 1.52. The molecule has 6 heteroatoms. The molecule has 0 radical (unpaired) electrons. The van der Waals surface area contributed by atoms with Gasteiger partial charge >= 0.3 is 5.97 Å². The van der Waals surface area contributed by atoms with Crippen LogP contribution in [0.4, 0.5) is 0 Å². The van der Waals surface area contributed by atoms with Crippen LogP contribution >= 0.6 is 27.3 Å². The van der Waals surface area contributed by atoms with Gasteiger partial charge in [-0.3, -0.25) is 0 Å². The van der Waals surface area contributed by atoms with E-state index in [1.54, 1.807) is 28.2 Å². The lowest BCUT2D eigenvalue weighted by molar-refractivity contribution is 0.0684. The van der Waals surface area contributed by atoms with Gasteiger partial charge in [-0.2, -0.15) is 0 Å². The van der Waals surface area contributed by atoms with E-state index in [0.717, 1.165) is 15.2 Å². The minimum atomic E-state index is -0.934. The number of aromatic nitrogens is 2. The molecule has 1 N–H and O–H groups in total. The second-order valence-corrected chi connectivity index (χ2v) is 5.56. The molecule has 0 saturated heterocycles. The van der Waals surface area contributed by atoms with E-state index in [9.17, 15) is 4.79 Å². The lowest BCUT2D eigenvalue weighted by Gasteiger charge is -2.12. The number of carbonyl (C=O) groups is 1. The molecule has 0 fully saturated rings. The van der Waals surface area contributed by atoms with Crippen molar-refractivity contribution in [2.45, 2.75) is 19.9 Å². The minimum absolute atomic E-state index is 0.0777. The predicted octanol–water partition coefficient (Wildman–Crippen LogP) is 3.32. The highest BCUT2D eigenvalue weighted by molar-refractivity contribution is 9.10. The van der Waals surface area contributed by atoms with Crippen LogP contribution in [0, 0.1) is 6.92 Å². The van der Waals surface area contributed by atoms with Crippen LogP contribution in [-0.4, -0.2) is 20.6 Å². The number of aryl methyl sites for hydroxylation is 1. The predicted molar refractivity (Wildman–Crippen MR) is 69.8 cm³/mol. The smallest absolute Gasteiger partial charge is 0.352 e. The van der Waals surface area contributed by atoms with E-state index in [2.05, 4.69) is 20.9 Å². The maximum absolute atomic E-state index is 11.1. The molecule has 90 valence electrons. The largest absolute Gasteiger partial charge is 0.477 e. The molecule has 2 heterocycles. The van der Waals surface area contributed by atoms with Gasteiger partial charge in [0, 0.05) is 21.7 Å². The molecule has 0 spiro atoms. The fraction of sp³-hybridized carbons (Fsp3) is 0.273. The molecule has 0 aliphatic rings. The highest BCUT2D eigenvalue weighted by Gasteiger charge is 2.19. The molecule has 0 aliphatic carbocycles. The third-order valence-corrected chi connectivity index (χ3v) is 4.01. The number of thiazole rings is 1. The van der Waals surface area contributed by atoms with Gasteiger partial charge in [0.1, 0.15) is 10.7 Å². The lowest BCUT2D eigenvalue weighted by Crippen LogP contribution is -2.12. The maximum atomic E-state index is 11.1. The normalized spacial score (nSPS) is 12.6. The average molecular weight is 315 g/mol. The van der Waals surface area contributed by atoms with Crippen molar-refractivity contribution in [3.05, 3.63) is 38.5 Å².